The van der Waals surface area contributed by atoms with Crippen molar-refractivity contribution in [3.63, 3.8) is 0 Å². The summed E-state index contributed by atoms with van der Waals surface area (Å²) >= 11 is 0. The van der Waals surface area contributed by atoms with Gasteiger partial charge in [-0.05, 0) is 49.3 Å². The zero-order chi connectivity index (χ0) is 28.7. The molecule has 4 atom stereocenters. The van der Waals surface area contributed by atoms with E-state index in [9.17, 15) is 19.8 Å². The number of ether oxygens (including phenoxy) is 2. The predicted molar refractivity (Wildman–Crippen MR) is 145 cm³/mol. The summed E-state index contributed by atoms with van der Waals surface area (Å²) < 4.78 is 12.4. The Balaban J connectivity index is 1.21. The summed E-state index contributed by atoms with van der Waals surface area (Å²) in [5, 5.41) is 24.0. The number of carbonyl (C=O) groups excluding carboxylic acids is 2. The number of hydrogen-bond acceptors (Lipinski definition) is 10. The van der Waals surface area contributed by atoms with Crippen molar-refractivity contribution in [3.8, 4) is 17.6 Å². The number of carbonyl (C=O) groups is 2. The van der Waals surface area contributed by atoms with Crippen LogP contribution in [-0.2, 0) is 20.9 Å². The van der Waals surface area contributed by atoms with Crippen molar-refractivity contribution >= 4 is 28.8 Å². The fourth-order valence-electron chi connectivity index (χ4n) is 4.76. The van der Waals surface area contributed by atoms with E-state index >= 15 is 0 Å². The lowest BCUT2D eigenvalue weighted by Gasteiger charge is -2.20. The Labute approximate surface area is 235 Å². The van der Waals surface area contributed by atoms with Crippen LogP contribution in [0.3, 0.4) is 0 Å². The van der Waals surface area contributed by atoms with Crippen molar-refractivity contribution in [2.45, 2.75) is 62.8 Å². The number of nitrogens with two attached hydrogens (primary N) is 1. The van der Waals surface area contributed by atoms with Crippen LogP contribution in [0.5, 0.6) is 5.75 Å². The van der Waals surface area contributed by atoms with Gasteiger partial charge in [-0.3, -0.25) is 14.2 Å². The number of nitrogen functional groups attached to an aromatic ring is 1. The minimum absolute atomic E-state index is 0.0241. The van der Waals surface area contributed by atoms with Crippen LogP contribution in [0.25, 0.3) is 11.2 Å². The summed E-state index contributed by atoms with van der Waals surface area (Å²) in [5.74, 6) is 6.37. The van der Waals surface area contributed by atoms with Gasteiger partial charge in [0.1, 0.15) is 23.5 Å². The highest BCUT2D eigenvalue weighted by Crippen LogP contribution is 2.33. The molecule has 6 rings (SSSR count). The largest absolute Gasteiger partial charge is 0.497 e. The number of hydrogen-bond donors (Lipinski definition) is 4. The van der Waals surface area contributed by atoms with Gasteiger partial charge in [0.15, 0.2) is 23.8 Å². The van der Waals surface area contributed by atoms with Crippen molar-refractivity contribution in [2.75, 3.05) is 19.4 Å². The summed E-state index contributed by atoms with van der Waals surface area (Å²) in [6.45, 7) is 0.563. The number of aliphatic hydroxyl groups is 2. The van der Waals surface area contributed by atoms with Crippen molar-refractivity contribution in [3.05, 3.63) is 42.0 Å². The lowest BCUT2D eigenvalue weighted by atomic mass is 10.1. The monoisotopic (exact) mass is 561 g/mol. The number of amides is 2. The molecule has 1 saturated heterocycles. The van der Waals surface area contributed by atoms with Gasteiger partial charge in [-0.2, -0.15) is 0 Å². The minimum Gasteiger partial charge on any atom is -0.497 e. The molecule has 1 unspecified atom stereocenters. The Hall–Kier alpha value is -4.25. The molecule has 0 spiro atoms. The second kappa shape index (κ2) is 11.0. The molecule has 1 aliphatic heterocycles. The SMILES string of the molecule is COc1ccc(CN(CC#Cc2nc(N)c3ncn([C@@H]4O[C@H](C(=O)NC5CC5)[C@@H](O)C4O)c3n2)C(=O)C2CC2)cc1. The first kappa shape index (κ1) is 26.9. The van der Waals surface area contributed by atoms with Crippen LogP contribution in [0, 0.1) is 17.8 Å². The van der Waals surface area contributed by atoms with Gasteiger partial charge in [-0.15, -0.1) is 0 Å². The molecule has 3 fully saturated rings. The van der Waals surface area contributed by atoms with Crippen molar-refractivity contribution < 1.29 is 29.3 Å². The Kier molecular flexibility index (Phi) is 7.21. The zero-order valence-corrected chi connectivity index (χ0v) is 22.4. The van der Waals surface area contributed by atoms with Crippen molar-refractivity contribution in [1.82, 2.24) is 29.7 Å². The van der Waals surface area contributed by atoms with Crippen LogP contribution >= 0.6 is 0 Å². The third kappa shape index (κ3) is 5.67. The van der Waals surface area contributed by atoms with E-state index in [1.54, 1.807) is 12.0 Å². The maximum Gasteiger partial charge on any atom is 0.252 e. The Morgan fingerprint density at radius 1 is 1.17 bits per heavy atom. The molecule has 3 heterocycles. The fraction of sp³-hybridized carbons (Fsp3) is 0.464. The van der Waals surface area contributed by atoms with E-state index in [0.717, 1.165) is 37.0 Å². The quantitative estimate of drug-likeness (QED) is 0.276. The van der Waals surface area contributed by atoms with Crippen LogP contribution in [0.4, 0.5) is 5.82 Å². The summed E-state index contributed by atoms with van der Waals surface area (Å²) in [6, 6.07) is 7.59. The average molecular weight is 562 g/mol. The maximum absolute atomic E-state index is 12.9. The molecule has 0 radical (unpaired) electrons. The average Bonchev–Trinajstić information content (AvgIpc) is 3.90. The summed E-state index contributed by atoms with van der Waals surface area (Å²) in [5.41, 5.74) is 7.58. The number of aromatic nitrogens is 4. The molecule has 13 heteroatoms. The van der Waals surface area contributed by atoms with E-state index in [2.05, 4.69) is 32.1 Å². The van der Waals surface area contributed by atoms with Crippen molar-refractivity contribution in [2.24, 2.45) is 5.92 Å². The molecule has 13 nitrogen and oxygen atoms in total. The molecule has 3 aromatic rings. The van der Waals surface area contributed by atoms with Gasteiger partial charge in [0.25, 0.3) is 5.91 Å². The molecule has 5 N–H and O–H groups in total. The normalized spacial score (nSPS) is 23.6. The van der Waals surface area contributed by atoms with Crippen LogP contribution < -0.4 is 15.8 Å². The molecule has 2 aromatic heterocycles. The van der Waals surface area contributed by atoms with E-state index in [0.29, 0.717) is 6.54 Å². The van der Waals surface area contributed by atoms with Gasteiger partial charge in [-0.25, -0.2) is 15.0 Å². The first-order valence-electron chi connectivity index (χ1n) is 13.5. The van der Waals surface area contributed by atoms with Crippen LogP contribution in [0.15, 0.2) is 30.6 Å². The highest BCUT2D eigenvalue weighted by molar-refractivity contribution is 5.84. The summed E-state index contributed by atoms with van der Waals surface area (Å²) in [7, 11) is 1.60. The molecule has 214 valence electrons. The molecule has 3 aliphatic rings. The second-order valence-corrected chi connectivity index (χ2v) is 10.6. The maximum atomic E-state index is 12.9. The number of imidazole rings is 1. The molecule has 2 aliphatic carbocycles. The zero-order valence-electron chi connectivity index (χ0n) is 22.4. The fourth-order valence-corrected chi connectivity index (χ4v) is 4.76. The molecule has 41 heavy (non-hydrogen) atoms. The van der Waals surface area contributed by atoms with Crippen LogP contribution in [-0.4, -0.2) is 84.5 Å². The number of benzene rings is 1. The smallest absolute Gasteiger partial charge is 0.252 e. The second-order valence-electron chi connectivity index (χ2n) is 10.6. The number of rotatable bonds is 8. The lowest BCUT2D eigenvalue weighted by molar-refractivity contribution is -0.137. The number of methoxy groups -OCH3 is 1. The number of anilines is 1. The van der Waals surface area contributed by atoms with E-state index < -0.39 is 30.4 Å². The molecule has 0 bridgehead atoms. The summed E-state index contributed by atoms with van der Waals surface area (Å²) in [4.78, 5) is 40.1. The number of fused-ring (bicyclic) bond motifs is 1. The molecule has 2 saturated carbocycles. The Morgan fingerprint density at radius 2 is 1.93 bits per heavy atom. The van der Waals surface area contributed by atoms with E-state index in [1.807, 2.05) is 24.3 Å². The van der Waals surface area contributed by atoms with Crippen molar-refractivity contribution in [1.29, 1.82) is 0 Å². The third-order valence-electron chi connectivity index (χ3n) is 7.38. The highest BCUT2D eigenvalue weighted by Gasteiger charge is 2.48. The first-order valence-corrected chi connectivity index (χ1v) is 13.5. The van der Waals surface area contributed by atoms with Gasteiger partial charge in [0, 0.05) is 18.5 Å². The van der Waals surface area contributed by atoms with E-state index in [1.165, 1.54) is 10.9 Å². The van der Waals surface area contributed by atoms with Crippen LogP contribution in [0.1, 0.15) is 43.3 Å². The van der Waals surface area contributed by atoms with Gasteiger partial charge in [0.05, 0.1) is 20.0 Å². The van der Waals surface area contributed by atoms with Gasteiger partial charge in [0.2, 0.25) is 11.7 Å². The molecule has 1 aromatic carbocycles. The first-order chi connectivity index (χ1) is 19.8. The van der Waals surface area contributed by atoms with E-state index in [4.69, 9.17) is 15.2 Å². The number of nitrogens with one attached hydrogen (secondary N) is 1. The Bertz CT molecular complexity index is 1520. The van der Waals surface area contributed by atoms with Gasteiger partial charge < -0.3 is 35.6 Å². The van der Waals surface area contributed by atoms with Gasteiger partial charge in [-0.1, -0.05) is 18.1 Å². The summed E-state index contributed by atoms with van der Waals surface area (Å²) in [6.07, 6.45) is -0.357. The van der Waals surface area contributed by atoms with E-state index in [-0.39, 0.29) is 47.2 Å². The Morgan fingerprint density at radius 3 is 2.61 bits per heavy atom. The number of aliphatic hydroxyl groups excluding tert-OH is 2. The number of nitrogens with zero attached hydrogens (tertiary/aromatic N) is 5. The van der Waals surface area contributed by atoms with Gasteiger partial charge >= 0.3 is 0 Å². The molecular weight excluding hydrogens is 530 g/mol. The van der Waals surface area contributed by atoms with Crippen LogP contribution in [0.2, 0.25) is 0 Å². The molecule has 2 amide bonds. The highest BCUT2D eigenvalue weighted by atomic mass is 16.6. The molecular formula is C28H31N7O6. The standard InChI is InChI=1S/C28H31N7O6/c1-40-18-10-4-15(5-11-18)13-34(27(39)16-6-7-16)12-2-3-19-32-24(29)20-25(33-19)35(14-30-20)28-22(37)21(36)23(41-28)26(38)31-17-8-9-17/h4-5,10-11,14,16-17,21-23,28,36-37H,6-9,12-13H2,1H3,(H,31,38)(H2,29,32,33)/t21-,22?,23-,28+/m0/s1. The third-order valence-corrected chi connectivity index (χ3v) is 7.38. The minimum atomic E-state index is -1.43. The lowest BCUT2D eigenvalue weighted by Crippen LogP contribution is -2.43. The predicted octanol–water partition coefficient (Wildman–Crippen LogP) is 0.105. The topological polar surface area (TPSA) is 178 Å².